The van der Waals surface area contributed by atoms with E-state index in [0.29, 0.717) is 25.0 Å². The Morgan fingerprint density at radius 1 is 1.30 bits per heavy atom. The summed E-state index contributed by atoms with van der Waals surface area (Å²) in [7, 11) is 0. The summed E-state index contributed by atoms with van der Waals surface area (Å²) in [4.78, 5) is 12.2. The quantitative estimate of drug-likeness (QED) is 0.769. The van der Waals surface area contributed by atoms with Crippen LogP contribution in [0.4, 0.5) is 25.1 Å². The van der Waals surface area contributed by atoms with E-state index in [-0.39, 0.29) is 17.7 Å². The van der Waals surface area contributed by atoms with Crippen LogP contribution in [-0.4, -0.2) is 44.9 Å². The molecule has 1 aliphatic rings. The number of allylic oxidation sites excluding steroid dienone is 1. The van der Waals surface area contributed by atoms with E-state index in [4.69, 9.17) is 0 Å². The SMILES string of the molecule is CCNc1nc(NC(C)C(F)(F)F)nc(C2=CC(O)CCC2)n1. The summed E-state index contributed by atoms with van der Waals surface area (Å²) in [6.07, 6.45) is -1.23. The second-order valence-corrected chi connectivity index (χ2v) is 5.40. The summed E-state index contributed by atoms with van der Waals surface area (Å²) in [5.41, 5.74) is 0.716. The fraction of sp³-hybridized carbons (Fsp3) is 0.643. The molecule has 0 fully saturated rings. The fourth-order valence-electron chi connectivity index (χ4n) is 2.18. The number of aliphatic hydroxyl groups is 1. The normalized spacial score (nSPS) is 19.9. The highest BCUT2D eigenvalue weighted by molar-refractivity contribution is 5.63. The molecule has 2 unspecified atom stereocenters. The summed E-state index contributed by atoms with van der Waals surface area (Å²) in [5, 5.41) is 14.8. The van der Waals surface area contributed by atoms with Gasteiger partial charge in [0.2, 0.25) is 11.9 Å². The minimum Gasteiger partial charge on any atom is -0.389 e. The number of hydrogen-bond acceptors (Lipinski definition) is 6. The van der Waals surface area contributed by atoms with E-state index in [1.165, 1.54) is 0 Å². The van der Waals surface area contributed by atoms with Gasteiger partial charge in [0, 0.05) is 6.54 Å². The van der Waals surface area contributed by atoms with Crippen molar-refractivity contribution in [2.24, 2.45) is 0 Å². The lowest BCUT2D eigenvalue weighted by atomic mass is 9.97. The lowest BCUT2D eigenvalue weighted by Gasteiger charge is -2.19. The van der Waals surface area contributed by atoms with E-state index in [9.17, 15) is 18.3 Å². The Morgan fingerprint density at radius 2 is 2.00 bits per heavy atom. The molecule has 1 aromatic rings. The van der Waals surface area contributed by atoms with Gasteiger partial charge in [-0.05, 0) is 44.8 Å². The monoisotopic (exact) mass is 331 g/mol. The third kappa shape index (κ3) is 4.78. The molecule has 2 rings (SSSR count). The summed E-state index contributed by atoms with van der Waals surface area (Å²) >= 11 is 0. The predicted molar refractivity (Wildman–Crippen MR) is 81.0 cm³/mol. The number of aromatic nitrogens is 3. The summed E-state index contributed by atoms with van der Waals surface area (Å²) in [6.45, 7) is 3.36. The zero-order valence-electron chi connectivity index (χ0n) is 13.0. The van der Waals surface area contributed by atoms with Crippen LogP contribution in [0.15, 0.2) is 6.08 Å². The molecule has 1 aromatic heterocycles. The molecule has 0 aliphatic heterocycles. The average molecular weight is 331 g/mol. The van der Waals surface area contributed by atoms with E-state index in [1.54, 1.807) is 6.08 Å². The maximum absolute atomic E-state index is 12.7. The standard InChI is InChI=1S/C14H20F3N5O/c1-3-18-12-20-11(9-5-4-6-10(23)7-9)21-13(22-12)19-8(2)14(15,16)17/h7-8,10,23H,3-6H2,1-2H3,(H2,18,19,20,21,22). The second kappa shape index (κ2) is 7.12. The Balaban J connectivity index is 2.32. The molecule has 0 saturated carbocycles. The molecule has 9 heteroatoms. The third-order valence-electron chi connectivity index (χ3n) is 3.43. The van der Waals surface area contributed by atoms with Crippen molar-refractivity contribution < 1.29 is 18.3 Å². The first-order valence-corrected chi connectivity index (χ1v) is 7.52. The third-order valence-corrected chi connectivity index (χ3v) is 3.43. The zero-order chi connectivity index (χ0) is 17.0. The molecule has 0 spiro atoms. The molecule has 2 atom stereocenters. The van der Waals surface area contributed by atoms with Crippen LogP contribution in [0.5, 0.6) is 0 Å². The Bertz CT molecular complexity index is 576. The topological polar surface area (TPSA) is 83.0 Å². The van der Waals surface area contributed by atoms with Crippen LogP contribution in [0.25, 0.3) is 5.57 Å². The van der Waals surface area contributed by atoms with Gasteiger partial charge in [-0.2, -0.15) is 28.1 Å². The molecule has 0 aromatic carbocycles. The van der Waals surface area contributed by atoms with Gasteiger partial charge < -0.3 is 15.7 Å². The largest absolute Gasteiger partial charge is 0.408 e. The van der Waals surface area contributed by atoms with Crippen molar-refractivity contribution >= 4 is 17.5 Å². The predicted octanol–water partition coefficient (Wildman–Crippen LogP) is 2.59. The first-order chi connectivity index (χ1) is 10.8. The molecule has 1 heterocycles. The van der Waals surface area contributed by atoms with Gasteiger partial charge in [0.25, 0.3) is 0 Å². The van der Waals surface area contributed by atoms with Crippen LogP contribution < -0.4 is 10.6 Å². The Hall–Kier alpha value is -1.90. The number of hydrogen-bond donors (Lipinski definition) is 3. The van der Waals surface area contributed by atoms with E-state index in [2.05, 4.69) is 25.6 Å². The second-order valence-electron chi connectivity index (χ2n) is 5.40. The summed E-state index contributed by atoms with van der Waals surface area (Å²) < 4.78 is 38.1. The van der Waals surface area contributed by atoms with Crippen molar-refractivity contribution in [3.63, 3.8) is 0 Å². The fourth-order valence-corrected chi connectivity index (χ4v) is 2.18. The van der Waals surface area contributed by atoms with Crippen LogP contribution in [0, 0.1) is 0 Å². The Morgan fingerprint density at radius 3 is 2.61 bits per heavy atom. The maximum Gasteiger partial charge on any atom is 0.408 e. The van der Waals surface area contributed by atoms with Gasteiger partial charge in [0.15, 0.2) is 5.82 Å². The van der Waals surface area contributed by atoms with Crippen molar-refractivity contribution in [2.75, 3.05) is 17.2 Å². The smallest absolute Gasteiger partial charge is 0.389 e. The molecular weight excluding hydrogens is 311 g/mol. The number of halogens is 3. The molecule has 0 amide bonds. The molecule has 6 nitrogen and oxygen atoms in total. The molecule has 128 valence electrons. The minimum atomic E-state index is -4.40. The summed E-state index contributed by atoms with van der Waals surface area (Å²) in [6, 6.07) is -1.78. The Labute approximate surface area is 132 Å². The number of nitrogens with one attached hydrogen (secondary N) is 2. The van der Waals surface area contributed by atoms with Crippen molar-refractivity contribution in [1.29, 1.82) is 0 Å². The van der Waals surface area contributed by atoms with Crippen LogP contribution in [0.2, 0.25) is 0 Å². The average Bonchev–Trinajstić information content (AvgIpc) is 2.46. The summed E-state index contributed by atoms with van der Waals surface area (Å²) in [5.74, 6) is 0.346. The number of nitrogens with zero attached hydrogens (tertiary/aromatic N) is 3. The number of alkyl halides is 3. The van der Waals surface area contributed by atoms with Crippen molar-refractivity contribution in [3.05, 3.63) is 11.9 Å². The van der Waals surface area contributed by atoms with Gasteiger partial charge >= 0.3 is 6.18 Å². The van der Waals surface area contributed by atoms with Gasteiger partial charge in [-0.3, -0.25) is 0 Å². The molecule has 3 N–H and O–H groups in total. The highest BCUT2D eigenvalue weighted by Gasteiger charge is 2.36. The van der Waals surface area contributed by atoms with Crippen LogP contribution >= 0.6 is 0 Å². The molecule has 0 radical (unpaired) electrons. The molecule has 0 bridgehead atoms. The van der Waals surface area contributed by atoms with E-state index < -0.39 is 18.3 Å². The first kappa shape index (κ1) is 17.5. The van der Waals surface area contributed by atoms with E-state index >= 15 is 0 Å². The van der Waals surface area contributed by atoms with E-state index in [0.717, 1.165) is 13.3 Å². The molecular formula is C14H20F3N5O. The molecule has 0 saturated heterocycles. The highest BCUT2D eigenvalue weighted by atomic mass is 19.4. The molecule has 23 heavy (non-hydrogen) atoms. The van der Waals surface area contributed by atoms with Crippen molar-refractivity contribution in [2.45, 2.75) is 51.4 Å². The first-order valence-electron chi connectivity index (χ1n) is 7.52. The van der Waals surface area contributed by atoms with Crippen LogP contribution in [0.1, 0.15) is 38.9 Å². The van der Waals surface area contributed by atoms with Gasteiger partial charge in [0.05, 0.1) is 6.10 Å². The lowest BCUT2D eigenvalue weighted by Crippen LogP contribution is -2.34. The number of aliphatic hydroxyl groups excluding tert-OH is 1. The minimum absolute atomic E-state index is 0.142. The van der Waals surface area contributed by atoms with Crippen molar-refractivity contribution in [1.82, 2.24) is 15.0 Å². The highest BCUT2D eigenvalue weighted by Crippen LogP contribution is 2.27. The van der Waals surface area contributed by atoms with Crippen LogP contribution in [-0.2, 0) is 0 Å². The van der Waals surface area contributed by atoms with Crippen molar-refractivity contribution in [3.8, 4) is 0 Å². The Kier molecular flexibility index (Phi) is 5.40. The number of rotatable bonds is 5. The van der Waals surface area contributed by atoms with Crippen LogP contribution in [0.3, 0.4) is 0 Å². The number of anilines is 2. The zero-order valence-corrected chi connectivity index (χ0v) is 13.0. The lowest BCUT2D eigenvalue weighted by molar-refractivity contribution is -0.138. The molecule has 1 aliphatic carbocycles. The van der Waals surface area contributed by atoms with Gasteiger partial charge in [0.1, 0.15) is 6.04 Å². The van der Waals surface area contributed by atoms with Gasteiger partial charge in [-0.1, -0.05) is 0 Å². The van der Waals surface area contributed by atoms with Gasteiger partial charge in [-0.25, -0.2) is 0 Å². The van der Waals surface area contributed by atoms with Gasteiger partial charge in [-0.15, -0.1) is 0 Å². The van der Waals surface area contributed by atoms with E-state index in [1.807, 2.05) is 6.92 Å². The maximum atomic E-state index is 12.7.